The van der Waals surface area contributed by atoms with Crippen molar-refractivity contribution in [2.24, 2.45) is 5.92 Å². The van der Waals surface area contributed by atoms with Crippen molar-refractivity contribution in [1.82, 2.24) is 4.31 Å². The first-order valence-electron chi connectivity index (χ1n) is 5.52. The molecular weight excluding hydrogens is 255 g/mol. The van der Waals surface area contributed by atoms with E-state index in [1.807, 2.05) is 0 Å². The molecule has 0 amide bonds. The summed E-state index contributed by atoms with van der Waals surface area (Å²) in [5, 5.41) is 0. The van der Waals surface area contributed by atoms with Crippen molar-refractivity contribution in [2.45, 2.75) is 44.5 Å². The molecule has 0 aromatic rings. The van der Waals surface area contributed by atoms with E-state index in [0.717, 1.165) is 0 Å². The monoisotopic (exact) mass is 273 g/mol. The quantitative estimate of drug-likeness (QED) is 0.735. The summed E-state index contributed by atoms with van der Waals surface area (Å²) < 4.78 is 61.5. The fourth-order valence-electron chi connectivity index (χ4n) is 1.81. The minimum absolute atomic E-state index is 0.0379. The largest absolute Gasteiger partial charge is 0.391 e. The molecule has 1 fully saturated rings. The molecule has 0 aliphatic carbocycles. The van der Waals surface area contributed by atoms with Crippen LogP contribution in [0.2, 0.25) is 0 Å². The van der Waals surface area contributed by atoms with Crippen molar-refractivity contribution in [3.8, 4) is 0 Å². The maximum absolute atomic E-state index is 12.4. The minimum Gasteiger partial charge on any atom is -0.212 e. The van der Waals surface area contributed by atoms with E-state index in [-0.39, 0.29) is 25.9 Å². The molecule has 3 nitrogen and oxygen atoms in total. The SMILES string of the molecule is CC(C)(C)S(=O)(=O)N1CCC(C(F)(F)F)CC1. The molecule has 7 heteroatoms. The van der Waals surface area contributed by atoms with Crippen LogP contribution >= 0.6 is 0 Å². The Labute approximate surface area is 100 Å². The highest BCUT2D eigenvalue weighted by molar-refractivity contribution is 7.90. The Morgan fingerprint density at radius 1 is 1.06 bits per heavy atom. The number of alkyl halides is 3. The third kappa shape index (κ3) is 3.13. The number of hydrogen-bond acceptors (Lipinski definition) is 2. The molecule has 17 heavy (non-hydrogen) atoms. The maximum Gasteiger partial charge on any atom is 0.391 e. The molecule has 0 unspecified atom stereocenters. The molecule has 0 aromatic carbocycles. The van der Waals surface area contributed by atoms with Gasteiger partial charge >= 0.3 is 6.18 Å². The van der Waals surface area contributed by atoms with Gasteiger partial charge in [0, 0.05) is 13.1 Å². The lowest BCUT2D eigenvalue weighted by Gasteiger charge is -2.35. The Morgan fingerprint density at radius 3 is 1.76 bits per heavy atom. The molecule has 1 saturated heterocycles. The van der Waals surface area contributed by atoms with Crippen LogP contribution in [0.25, 0.3) is 0 Å². The van der Waals surface area contributed by atoms with E-state index in [4.69, 9.17) is 0 Å². The van der Waals surface area contributed by atoms with Crippen molar-refractivity contribution in [2.75, 3.05) is 13.1 Å². The van der Waals surface area contributed by atoms with Gasteiger partial charge in [-0.05, 0) is 33.6 Å². The molecule has 0 bridgehead atoms. The molecule has 0 aromatic heterocycles. The molecule has 0 saturated carbocycles. The zero-order chi connectivity index (χ0) is 13.5. The van der Waals surface area contributed by atoms with Gasteiger partial charge in [-0.15, -0.1) is 0 Å². The number of sulfonamides is 1. The van der Waals surface area contributed by atoms with Gasteiger partial charge in [0.05, 0.1) is 10.7 Å². The van der Waals surface area contributed by atoms with Gasteiger partial charge in [0.15, 0.2) is 0 Å². The lowest BCUT2D eigenvalue weighted by molar-refractivity contribution is -0.182. The zero-order valence-electron chi connectivity index (χ0n) is 10.2. The van der Waals surface area contributed by atoms with E-state index < -0.39 is 26.9 Å². The fourth-order valence-corrected chi connectivity index (χ4v) is 3.28. The van der Waals surface area contributed by atoms with Crippen molar-refractivity contribution in [3.63, 3.8) is 0 Å². The molecule has 1 aliphatic heterocycles. The predicted molar refractivity (Wildman–Crippen MR) is 59.0 cm³/mol. The van der Waals surface area contributed by atoms with Crippen LogP contribution in [0.3, 0.4) is 0 Å². The third-order valence-corrected chi connectivity index (χ3v) is 5.62. The smallest absolute Gasteiger partial charge is 0.212 e. The molecular formula is C10H18F3NO2S. The van der Waals surface area contributed by atoms with Crippen LogP contribution in [0.5, 0.6) is 0 Å². The highest BCUT2D eigenvalue weighted by Gasteiger charge is 2.44. The van der Waals surface area contributed by atoms with E-state index in [0.29, 0.717) is 0 Å². The summed E-state index contributed by atoms with van der Waals surface area (Å²) in [5.74, 6) is -1.37. The number of piperidine rings is 1. The highest BCUT2D eigenvalue weighted by atomic mass is 32.2. The summed E-state index contributed by atoms with van der Waals surface area (Å²) in [5.41, 5.74) is 0. The predicted octanol–water partition coefficient (Wildman–Crippen LogP) is 2.39. The van der Waals surface area contributed by atoms with Crippen LogP contribution in [0.1, 0.15) is 33.6 Å². The average molecular weight is 273 g/mol. The normalized spacial score (nSPS) is 21.8. The molecule has 1 rings (SSSR count). The van der Waals surface area contributed by atoms with Gasteiger partial charge in [0.1, 0.15) is 0 Å². The van der Waals surface area contributed by atoms with Crippen LogP contribution in [-0.4, -0.2) is 36.7 Å². The lowest BCUT2D eigenvalue weighted by Crippen LogP contribution is -2.48. The van der Waals surface area contributed by atoms with Crippen LogP contribution in [0.4, 0.5) is 13.2 Å². The first-order valence-corrected chi connectivity index (χ1v) is 6.96. The summed E-state index contributed by atoms with van der Waals surface area (Å²) >= 11 is 0. The van der Waals surface area contributed by atoms with Gasteiger partial charge in [-0.1, -0.05) is 0 Å². The van der Waals surface area contributed by atoms with Crippen LogP contribution in [0, 0.1) is 5.92 Å². The van der Waals surface area contributed by atoms with Gasteiger partial charge < -0.3 is 0 Å². The second kappa shape index (κ2) is 4.42. The maximum atomic E-state index is 12.4. The average Bonchev–Trinajstić information content (AvgIpc) is 2.15. The van der Waals surface area contributed by atoms with Crippen LogP contribution in [-0.2, 0) is 10.0 Å². The standard InChI is InChI=1S/C10H18F3NO2S/c1-9(2,3)17(15,16)14-6-4-8(5-7-14)10(11,12)13/h8H,4-7H2,1-3H3. The molecule has 102 valence electrons. The van der Waals surface area contributed by atoms with Gasteiger partial charge in [-0.2, -0.15) is 13.2 Å². The minimum atomic E-state index is -4.21. The summed E-state index contributed by atoms with van der Waals surface area (Å²) in [7, 11) is -3.50. The van der Waals surface area contributed by atoms with E-state index in [2.05, 4.69) is 0 Å². The Bertz CT molecular complexity index is 362. The second-order valence-corrected chi connectivity index (χ2v) is 8.02. The number of hydrogen-bond donors (Lipinski definition) is 0. The summed E-state index contributed by atoms with van der Waals surface area (Å²) in [6.45, 7) is 4.59. The van der Waals surface area contributed by atoms with Gasteiger partial charge in [0.25, 0.3) is 0 Å². The van der Waals surface area contributed by atoms with Crippen molar-refractivity contribution >= 4 is 10.0 Å². The zero-order valence-corrected chi connectivity index (χ0v) is 11.0. The van der Waals surface area contributed by atoms with Crippen LogP contribution in [0.15, 0.2) is 0 Å². The fraction of sp³-hybridized carbons (Fsp3) is 1.00. The number of nitrogens with zero attached hydrogens (tertiary/aromatic N) is 1. The van der Waals surface area contributed by atoms with E-state index in [9.17, 15) is 21.6 Å². The Hall–Kier alpha value is -0.300. The highest BCUT2D eigenvalue weighted by Crippen LogP contribution is 2.35. The van der Waals surface area contributed by atoms with Crippen LogP contribution < -0.4 is 0 Å². The molecule has 1 aliphatic rings. The number of halogens is 3. The molecule has 1 heterocycles. The summed E-state index contributed by atoms with van der Waals surface area (Å²) in [6.07, 6.45) is -4.49. The van der Waals surface area contributed by atoms with Gasteiger partial charge in [-0.25, -0.2) is 12.7 Å². The molecule has 0 radical (unpaired) electrons. The Morgan fingerprint density at radius 2 is 1.47 bits per heavy atom. The first kappa shape index (κ1) is 14.8. The second-order valence-electron chi connectivity index (χ2n) is 5.33. The first-order chi connectivity index (χ1) is 7.46. The van der Waals surface area contributed by atoms with E-state index in [1.165, 1.54) is 4.31 Å². The summed E-state index contributed by atoms with van der Waals surface area (Å²) in [6, 6.07) is 0. The third-order valence-electron chi connectivity index (χ3n) is 3.03. The number of rotatable bonds is 1. The van der Waals surface area contributed by atoms with Gasteiger partial charge in [-0.3, -0.25) is 0 Å². The van der Waals surface area contributed by atoms with E-state index >= 15 is 0 Å². The van der Waals surface area contributed by atoms with Crippen molar-refractivity contribution < 1.29 is 21.6 Å². The molecule has 0 N–H and O–H groups in total. The summed E-state index contributed by atoms with van der Waals surface area (Å²) in [4.78, 5) is 0. The molecule has 0 spiro atoms. The van der Waals surface area contributed by atoms with E-state index in [1.54, 1.807) is 20.8 Å². The topological polar surface area (TPSA) is 37.4 Å². The lowest BCUT2D eigenvalue weighted by atomic mass is 9.98. The van der Waals surface area contributed by atoms with Crippen molar-refractivity contribution in [3.05, 3.63) is 0 Å². The Kier molecular flexibility index (Phi) is 3.84. The molecule has 0 atom stereocenters. The van der Waals surface area contributed by atoms with Crippen molar-refractivity contribution in [1.29, 1.82) is 0 Å². The Balaban J connectivity index is 2.72. The van der Waals surface area contributed by atoms with Gasteiger partial charge in [0.2, 0.25) is 10.0 Å².